The topological polar surface area (TPSA) is 86.1 Å². The summed E-state index contributed by atoms with van der Waals surface area (Å²) < 4.78 is 4.25. The zero-order valence-corrected chi connectivity index (χ0v) is 24.1. The summed E-state index contributed by atoms with van der Waals surface area (Å²) in [7, 11) is 0. The second-order valence-corrected chi connectivity index (χ2v) is 11.2. The number of hydrogen-bond donors (Lipinski definition) is 2. The minimum atomic E-state index is -1.10. The van der Waals surface area contributed by atoms with E-state index in [0.717, 1.165) is 26.6 Å². The molecule has 1 saturated heterocycles. The summed E-state index contributed by atoms with van der Waals surface area (Å²) in [5.74, 6) is -2.15. The molecule has 11 heteroatoms. The van der Waals surface area contributed by atoms with Crippen molar-refractivity contribution in [2.45, 2.75) is 42.9 Å². The van der Waals surface area contributed by atoms with E-state index >= 15 is 0 Å². The van der Waals surface area contributed by atoms with Gasteiger partial charge < -0.3 is 32.1 Å². The minimum Gasteiger partial charge on any atom is -1.00 e. The van der Waals surface area contributed by atoms with Crippen LogP contribution in [0.1, 0.15) is 29.9 Å². The van der Waals surface area contributed by atoms with Gasteiger partial charge >= 0.3 is 5.97 Å². The number of benzene rings is 1. The molecule has 0 spiro atoms. The van der Waals surface area contributed by atoms with Gasteiger partial charge in [0.25, 0.3) is 6.33 Å². The largest absolute Gasteiger partial charge is 1.00 e. The molecule has 7 nitrogen and oxygen atoms in total. The van der Waals surface area contributed by atoms with Gasteiger partial charge in [-0.2, -0.15) is 4.40 Å². The molecule has 4 heterocycles. The average Bonchev–Trinajstić information content (AvgIpc) is 3.41. The highest BCUT2D eigenvalue weighted by molar-refractivity contribution is 9.08. The summed E-state index contributed by atoms with van der Waals surface area (Å²) in [5, 5.41) is 22.0. The zero-order chi connectivity index (χ0) is 24.3. The van der Waals surface area contributed by atoms with Gasteiger partial charge in [0.15, 0.2) is 0 Å². The van der Waals surface area contributed by atoms with Crippen LogP contribution in [0.5, 0.6) is 0 Å². The van der Waals surface area contributed by atoms with Crippen LogP contribution in [0.3, 0.4) is 0 Å². The molecular weight excluding hydrogens is 618 g/mol. The minimum absolute atomic E-state index is 0. The Kier molecular flexibility index (Phi) is 7.55. The summed E-state index contributed by atoms with van der Waals surface area (Å²) in [6, 6.07) is 8.19. The quantitative estimate of drug-likeness (QED) is 0.171. The van der Waals surface area contributed by atoms with E-state index in [1.165, 1.54) is 16.0 Å². The van der Waals surface area contributed by atoms with Crippen molar-refractivity contribution in [3.05, 3.63) is 58.5 Å². The van der Waals surface area contributed by atoms with Crippen molar-refractivity contribution in [3.8, 4) is 0 Å². The molecule has 0 radical (unpaired) electrons. The molecule has 5 rings (SSSR count). The maximum absolute atomic E-state index is 12.7. The lowest BCUT2D eigenvalue weighted by Gasteiger charge is -2.46. The van der Waals surface area contributed by atoms with E-state index in [4.69, 9.17) is 0 Å². The molecule has 1 fully saturated rings. The fourth-order valence-electron chi connectivity index (χ4n) is 5.20. The Bertz CT molecular complexity index is 1330. The number of thiazole rings is 1. The number of aliphatic hydroxyl groups is 1. The number of thioether (sulfide) groups is 1. The molecule has 35 heavy (non-hydrogen) atoms. The molecule has 1 amide bonds. The Morgan fingerprint density at radius 3 is 2.51 bits per heavy atom. The molecule has 3 aromatic rings. The predicted octanol–water partition coefficient (Wildman–Crippen LogP) is 0.611. The first-order valence-electron chi connectivity index (χ1n) is 11.0. The predicted molar refractivity (Wildman–Crippen MR) is 135 cm³/mol. The van der Waals surface area contributed by atoms with Gasteiger partial charge in [0.2, 0.25) is 15.8 Å². The number of alkyl halides is 1. The van der Waals surface area contributed by atoms with Crippen LogP contribution in [-0.2, 0) is 21.5 Å². The summed E-state index contributed by atoms with van der Waals surface area (Å²) in [6.07, 6.45) is 5.23. The number of carbonyl (C=O) groups excluding carboxylic acids is 1. The molecule has 0 bridgehead atoms. The van der Waals surface area contributed by atoms with Crippen molar-refractivity contribution < 1.29 is 41.4 Å². The number of aliphatic carboxylic acids is 1. The lowest BCUT2D eigenvalue weighted by molar-refractivity contribution is -0.721. The van der Waals surface area contributed by atoms with Gasteiger partial charge in [0.05, 0.1) is 22.9 Å². The number of carboxylic acids is 1. The Morgan fingerprint density at radius 1 is 1.29 bits per heavy atom. The van der Waals surface area contributed by atoms with Crippen molar-refractivity contribution in [2.24, 2.45) is 11.8 Å². The second-order valence-electron chi connectivity index (χ2n) is 8.83. The number of aliphatic hydroxyl groups excluding tert-OH is 1. The van der Waals surface area contributed by atoms with Crippen LogP contribution in [-0.4, -0.2) is 49.8 Å². The van der Waals surface area contributed by atoms with Gasteiger partial charge in [0.1, 0.15) is 18.4 Å². The fraction of sp³-hybridized carbons (Fsp3) is 0.375. The smallest absolute Gasteiger partial charge is 0.352 e. The van der Waals surface area contributed by atoms with Crippen LogP contribution >= 0.6 is 39.0 Å². The van der Waals surface area contributed by atoms with E-state index in [-0.39, 0.29) is 40.5 Å². The van der Waals surface area contributed by atoms with E-state index in [9.17, 15) is 19.8 Å². The van der Waals surface area contributed by atoms with E-state index in [2.05, 4.69) is 44.8 Å². The molecule has 2 aromatic heterocycles. The molecule has 0 unspecified atom stereocenters. The number of halogens is 2. The molecule has 0 saturated carbocycles. The van der Waals surface area contributed by atoms with Crippen LogP contribution in [0.25, 0.3) is 10.4 Å². The van der Waals surface area contributed by atoms with Crippen molar-refractivity contribution in [3.63, 3.8) is 0 Å². The van der Waals surface area contributed by atoms with E-state index in [0.29, 0.717) is 5.57 Å². The first-order chi connectivity index (χ1) is 16.3. The molecule has 4 atom stereocenters. The molecule has 2 N–H and O–H groups in total. The van der Waals surface area contributed by atoms with Crippen LogP contribution < -0.4 is 21.5 Å². The zero-order valence-electron chi connectivity index (χ0n) is 19.3. The van der Waals surface area contributed by atoms with Crippen LogP contribution in [0, 0.1) is 11.8 Å². The third-order valence-corrected chi connectivity index (χ3v) is 9.50. The van der Waals surface area contributed by atoms with Crippen LogP contribution in [0.15, 0.2) is 47.5 Å². The standard InChI is InChI=1S/C24H24BrN3O4S2.BrH/c1-12-17(20(24(31)32)28-19(12)18(13(2)29)21(28)30)16-10-27-11-26(22(33-3)23(27)34-16)9-15-6-4-14(8-25)5-7-15;/h4-7,10-13,18-19,29H,8-9H2,1-3H3;1H/t12-,13+,18+,19+;/m0./s1. The Balaban J connectivity index is 0.00000289. The number of aromatic nitrogens is 2. The highest BCUT2D eigenvalue weighted by Gasteiger charge is 2.60. The number of hydrogen-bond acceptors (Lipinski definition) is 5. The van der Waals surface area contributed by atoms with Crippen molar-refractivity contribution in [1.82, 2.24) is 9.30 Å². The normalized spacial score (nSPS) is 22.3. The number of amides is 1. The lowest BCUT2D eigenvalue weighted by Crippen LogP contribution is -3.00. The second kappa shape index (κ2) is 10.0. The van der Waals surface area contributed by atoms with E-state index < -0.39 is 18.0 Å². The van der Waals surface area contributed by atoms with Gasteiger partial charge in [-0.25, -0.2) is 9.36 Å². The Hall–Kier alpha value is -1.66. The number of rotatable bonds is 7. The molecule has 2 aliphatic rings. The van der Waals surface area contributed by atoms with Crippen molar-refractivity contribution in [2.75, 3.05) is 6.26 Å². The van der Waals surface area contributed by atoms with Gasteiger partial charge in [-0.15, -0.1) is 0 Å². The number of fused-ring (bicyclic) bond motifs is 2. The summed E-state index contributed by atoms with van der Waals surface area (Å²) in [4.78, 5) is 28.1. The SMILES string of the molecule is CSc1c2sc(C3=C(C(=O)O)N4C(=O)[C@H]([C@@H](C)O)[C@H]4[C@H]3C)cn2c[n+]1Cc1ccc(CBr)cc1.[Br-]. The lowest BCUT2D eigenvalue weighted by atomic mass is 9.77. The molecule has 1 aromatic carbocycles. The third-order valence-electron chi connectivity index (χ3n) is 6.77. The van der Waals surface area contributed by atoms with E-state index in [1.807, 2.05) is 30.1 Å². The average molecular weight is 643 g/mol. The Morgan fingerprint density at radius 2 is 1.94 bits per heavy atom. The Labute approximate surface area is 230 Å². The third kappa shape index (κ3) is 4.19. The molecule has 2 aliphatic heterocycles. The summed E-state index contributed by atoms with van der Waals surface area (Å²) in [5.41, 5.74) is 3.16. The van der Waals surface area contributed by atoms with Gasteiger partial charge in [-0.3, -0.25) is 4.79 Å². The van der Waals surface area contributed by atoms with Gasteiger partial charge in [0, 0.05) is 16.8 Å². The number of nitrogens with zero attached hydrogens (tertiary/aromatic N) is 3. The number of β-lactam (4-membered cyclic amide) rings is 1. The highest BCUT2D eigenvalue weighted by Crippen LogP contribution is 2.51. The number of carbonyl (C=O) groups is 2. The van der Waals surface area contributed by atoms with Crippen molar-refractivity contribution >= 4 is 61.3 Å². The van der Waals surface area contributed by atoms with Crippen LogP contribution in [0.4, 0.5) is 0 Å². The summed E-state index contributed by atoms with van der Waals surface area (Å²) in [6.45, 7) is 4.28. The van der Waals surface area contributed by atoms with Crippen molar-refractivity contribution in [1.29, 1.82) is 0 Å². The van der Waals surface area contributed by atoms with Gasteiger partial charge in [-0.1, -0.05) is 70.2 Å². The maximum Gasteiger partial charge on any atom is 0.352 e. The number of imidazole rings is 1. The van der Waals surface area contributed by atoms with Crippen LogP contribution in [0.2, 0.25) is 0 Å². The first kappa shape index (κ1) is 26.4. The summed E-state index contributed by atoms with van der Waals surface area (Å²) >= 11 is 6.68. The number of carboxylic acid groups (broad SMARTS) is 1. The monoisotopic (exact) mass is 641 g/mol. The molecule has 186 valence electrons. The van der Waals surface area contributed by atoms with Gasteiger partial charge in [-0.05, 0) is 24.3 Å². The maximum atomic E-state index is 12.7. The fourth-order valence-corrected chi connectivity index (χ4v) is 7.75. The highest BCUT2D eigenvalue weighted by atomic mass is 79.9. The first-order valence-corrected chi connectivity index (χ1v) is 14.1. The molecular formula is C24H25Br2N3O4S2. The van der Waals surface area contributed by atoms with E-state index in [1.54, 1.807) is 30.0 Å². The molecule has 0 aliphatic carbocycles.